The van der Waals surface area contributed by atoms with Crippen molar-refractivity contribution in [3.05, 3.63) is 54.0 Å². The first-order valence-corrected chi connectivity index (χ1v) is 8.54. The minimum absolute atomic E-state index is 0.0140. The number of hydrogen-bond donors (Lipinski definition) is 2. The average molecular weight is 341 g/mol. The summed E-state index contributed by atoms with van der Waals surface area (Å²) in [6.07, 6.45) is 3.17. The molecular formula is C19H23N3O3. The van der Waals surface area contributed by atoms with E-state index in [1.807, 2.05) is 37.3 Å². The van der Waals surface area contributed by atoms with E-state index in [1.54, 1.807) is 6.07 Å². The number of piperidine rings is 1. The summed E-state index contributed by atoms with van der Waals surface area (Å²) in [4.78, 5) is 26.4. The van der Waals surface area contributed by atoms with Crippen molar-refractivity contribution in [1.82, 2.24) is 10.2 Å². The molecule has 0 atom stereocenters. The molecule has 2 N–H and O–H groups in total. The van der Waals surface area contributed by atoms with Gasteiger partial charge in [-0.25, -0.2) is 0 Å². The molecule has 0 radical (unpaired) electrons. The van der Waals surface area contributed by atoms with E-state index in [0.717, 1.165) is 37.2 Å². The van der Waals surface area contributed by atoms with Gasteiger partial charge in [0.25, 0.3) is 5.91 Å². The summed E-state index contributed by atoms with van der Waals surface area (Å²) in [5, 5.41) is 5.91. The van der Waals surface area contributed by atoms with Gasteiger partial charge in [0.05, 0.1) is 12.8 Å². The molecule has 1 aromatic carbocycles. The maximum absolute atomic E-state index is 12.2. The fraction of sp³-hybridized carbons (Fsp3) is 0.368. The molecule has 0 aliphatic carbocycles. The summed E-state index contributed by atoms with van der Waals surface area (Å²) >= 11 is 0. The van der Waals surface area contributed by atoms with E-state index in [9.17, 15) is 9.59 Å². The molecule has 2 amide bonds. The number of carbonyl (C=O) groups excluding carboxylic acids is 2. The minimum atomic E-state index is -0.164. The van der Waals surface area contributed by atoms with Crippen molar-refractivity contribution in [2.45, 2.75) is 25.8 Å². The lowest BCUT2D eigenvalue weighted by atomic mass is 10.0. The van der Waals surface area contributed by atoms with Gasteiger partial charge in [0.15, 0.2) is 5.76 Å². The van der Waals surface area contributed by atoms with Crippen molar-refractivity contribution >= 4 is 17.5 Å². The first-order valence-electron chi connectivity index (χ1n) is 8.54. The highest BCUT2D eigenvalue weighted by atomic mass is 16.3. The molecule has 2 heterocycles. The molecule has 6 nitrogen and oxygen atoms in total. The summed E-state index contributed by atoms with van der Waals surface area (Å²) in [6.45, 7) is 3.79. The van der Waals surface area contributed by atoms with Gasteiger partial charge in [0.2, 0.25) is 5.91 Å². The molecule has 2 aromatic rings. The standard InChI is InChI=1S/C19H23N3O3/c1-14-9-12-25-18(14)19(24)21-16-7-10-22(11-8-16)13-17(23)20-15-5-3-2-4-6-15/h2-6,9,12,16H,7-8,10-11,13H2,1H3,(H,20,23)(H,21,24). The Labute approximate surface area is 147 Å². The van der Waals surface area contributed by atoms with Crippen molar-refractivity contribution in [2.24, 2.45) is 0 Å². The van der Waals surface area contributed by atoms with Crippen LogP contribution < -0.4 is 10.6 Å². The largest absolute Gasteiger partial charge is 0.459 e. The average Bonchev–Trinajstić information content (AvgIpc) is 3.03. The highest BCUT2D eigenvalue weighted by Crippen LogP contribution is 2.14. The number of amides is 2. The van der Waals surface area contributed by atoms with Crippen LogP contribution in [-0.4, -0.2) is 42.4 Å². The maximum atomic E-state index is 12.2. The molecule has 0 bridgehead atoms. The number of carbonyl (C=O) groups is 2. The molecule has 0 saturated carbocycles. The number of benzene rings is 1. The van der Waals surface area contributed by atoms with Gasteiger partial charge < -0.3 is 15.1 Å². The van der Waals surface area contributed by atoms with Crippen molar-refractivity contribution in [3.8, 4) is 0 Å². The van der Waals surface area contributed by atoms with Gasteiger partial charge in [-0.2, -0.15) is 0 Å². The number of hydrogen-bond acceptors (Lipinski definition) is 4. The molecule has 1 aliphatic rings. The molecule has 25 heavy (non-hydrogen) atoms. The monoisotopic (exact) mass is 341 g/mol. The number of nitrogens with zero attached hydrogens (tertiary/aromatic N) is 1. The van der Waals surface area contributed by atoms with E-state index in [0.29, 0.717) is 12.3 Å². The zero-order valence-electron chi connectivity index (χ0n) is 14.3. The normalized spacial score (nSPS) is 15.7. The molecule has 6 heteroatoms. The van der Waals surface area contributed by atoms with E-state index >= 15 is 0 Å². The second kappa shape index (κ2) is 7.98. The number of furan rings is 1. The Balaban J connectivity index is 1.42. The van der Waals surface area contributed by atoms with E-state index in [4.69, 9.17) is 4.42 Å². The second-order valence-corrected chi connectivity index (χ2v) is 6.37. The summed E-state index contributed by atoms with van der Waals surface area (Å²) in [7, 11) is 0. The number of likely N-dealkylation sites (tertiary alicyclic amines) is 1. The van der Waals surface area contributed by atoms with Crippen LogP contribution in [-0.2, 0) is 4.79 Å². The smallest absolute Gasteiger partial charge is 0.287 e. The molecule has 1 fully saturated rings. The predicted octanol–water partition coefficient (Wildman–Crippen LogP) is 2.42. The molecule has 0 spiro atoms. The van der Waals surface area contributed by atoms with E-state index in [1.165, 1.54) is 6.26 Å². The lowest BCUT2D eigenvalue weighted by molar-refractivity contribution is -0.117. The number of nitrogens with one attached hydrogen (secondary N) is 2. The fourth-order valence-electron chi connectivity index (χ4n) is 3.02. The predicted molar refractivity (Wildman–Crippen MR) is 95.4 cm³/mol. The molecule has 0 unspecified atom stereocenters. The van der Waals surface area contributed by atoms with Crippen LogP contribution in [0.5, 0.6) is 0 Å². The quantitative estimate of drug-likeness (QED) is 0.876. The maximum Gasteiger partial charge on any atom is 0.287 e. The molecule has 1 saturated heterocycles. The highest BCUT2D eigenvalue weighted by molar-refractivity contribution is 5.93. The minimum Gasteiger partial charge on any atom is -0.459 e. The Morgan fingerprint density at radius 1 is 1.16 bits per heavy atom. The van der Waals surface area contributed by atoms with Crippen LogP contribution in [0.3, 0.4) is 0 Å². The molecule has 3 rings (SSSR count). The Hall–Kier alpha value is -2.60. The van der Waals surface area contributed by atoms with Crippen LogP contribution in [0.2, 0.25) is 0 Å². The van der Waals surface area contributed by atoms with E-state index < -0.39 is 0 Å². The van der Waals surface area contributed by atoms with Crippen LogP contribution >= 0.6 is 0 Å². The number of aryl methyl sites for hydroxylation is 1. The third-order valence-electron chi connectivity index (χ3n) is 4.42. The van der Waals surface area contributed by atoms with Gasteiger partial charge in [0.1, 0.15) is 0 Å². The van der Waals surface area contributed by atoms with Gasteiger partial charge in [-0.15, -0.1) is 0 Å². The molecule has 1 aromatic heterocycles. The number of anilines is 1. The topological polar surface area (TPSA) is 74.6 Å². The Morgan fingerprint density at radius 2 is 1.88 bits per heavy atom. The first kappa shape index (κ1) is 17.2. The number of para-hydroxylation sites is 1. The summed E-state index contributed by atoms with van der Waals surface area (Å²) < 4.78 is 5.22. The zero-order chi connectivity index (χ0) is 17.6. The van der Waals surface area contributed by atoms with Gasteiger partial charge >= 0.3 is 0 Å². The van der Waals surface area contributed by atoms with Gasteiger partial charge in [-0.3, -0.25) is 14.5 Å². The van der Waals surface area contributed by atoms with Crippen molar-refractivity contribution in [3.63, 3.8) is 0 Å². The Morgan fingerprint density at radius 3 is 2.52 bits per heavy atom. The molecular weight excluding hydrogens is 318 g/mol. The summed E-state index contributed by atoms with van der Waals surface area (Å²) in [6, 6.07) is 11.3. The molecule has 1 aliphatic heterocycles. The highest BCUT2D eigenvalue weighted by Gasteiger charge is 2.23. The lowest BCUT2D eigenvalue weighted by Gasteiger charge is -2.31. The zero-order valence-corrected chi connectivity index (χ0v) is 14.3. The summed E-state index contributed by atoms with van der Waals surface area (Å²) in [5.74, 6) is 0.201. The van der Waals surface area contributed by atoms with Crippen molar-refractivity contribution in [1.29, 1.82) is 0 Å². The van der Waals surface area contributed by atoms with Crippen LogP contribution in [0.15, 0.2) is 47.1 Å². The van der Waals surface area contributed by atoms with Crippen LogP contribution in [0.1, 0.15) is 29.0 Å². The summed E-state index contributed by atoms with van der Waals surface area (Å²) in [5.41, 5.74) is 1.65. The third kappa shape index (κ3) is 4.70. The van der Waals surface area contributed by atoms with Crippen molar-refractivity contribution < 1.29 is 14.0 Å². The Bertz CT molecular complexity index is 719. The first-order chi connectivity index (χ1) is 12.1. The SMILES string of the molecule is Cc1ccoc1C(=O)NC1CCN(CC(=O)Nc2ccccc2)CC1. The number of rotatable bonds is 5. The van der Waals surface area contributed by atoms with Crippen LogP contribution in [0.25, 0.3) is 0 Å². The Kier molecular flexibility index (Phi) is 5.50. The van der Waals surface area contributed by atoms with Gasteiger partial charge in [-0.05, 0) is 38.0 Å². The third-order valence-corrected chi connectivity index (χ3v) is 4.42. The lowest BCUT2D eigenvalue weighted by Crippen LogP contribution is -2.46. The fourth-order valence-corrected chi connectivity index (χ4v) is 3.02. The van der Waals surface area contributed by atoms with Crippen LogP contribution in [0.4, 0.5) is 5.69 Å². The van der Waals surface area contributed by atoms with Crippen LogP contribution in [0, 0.1) is 6.92 Å². The molecule has 132 valence electrons. The van der Waals surface area contributed by atoms with E-state index in [-0.39, 0.29) is 17.9 Å². The second-order valence-electron chi connectivity index (χ2n) is 6.37. The van der Waals surface area contributed by atoms with Crippen molar-refractivity contribution in [2.75, 3.05) is 25.0 Å². The van der Waals surface area contributed by atoms with Gasteiger partial charge in [0, 0.05) is 30.4 Å². The van der Waals surface area contributed by atoms with E-state index in [2.05, 4.69) is 15.5 Å². The van der Waals surface area contributed by atoms with Gasteiger partial charge in [-0.1, -0.05) is 18.2 Å².